The number of carbonyl (C=O) groups is 3. The van der Waals surface area contributed by atoms with E-state index in [0.29, 0.717) is 0 Å². The lowest BCUT2D eigenvalue weighted by molar-refractivity contribution is -0.137. The van der Waals surface area contributed by atoms with Crippen LogP contribution in [0.3, 0.4) is 0 Å². The molecule has 0 fully saturated rings. The fraction of sp³-hybridized carbons (Fsp3) is 0.571. The van der Waals surface area contributed by atoms with Gasteiger partial charge in [-0.2, -0.15) is 0 Å². The number of Topliss-reactive ketones (excluding diaryl/α,β-unsaturated/α-hetero) is 1. The van der Waals surface area contributed by atoms with Crippen LogP contribution in [0.5, 0.6) is 0 Å². The van der Waals surface area contributed by atoms with Crippen LogP contribution in [-0.2, 0) is 14.4 Å². The molecule has 5 nitrogen and oxygen atoms in total. The molecule has 0 aromatic carbocycles. The Morgan fingerprint density at radius 1 is 1.42 bits per heavy atom. The molecule has 0 saturated carbocycles. The molecule has 68 valence electrons. The molecule has 0 aliphatic rings. The predicted molar refractivity (Wildman–Crippen MR) is 40.2 cm³/mol. The number of primary amides is 1. The Hall–Kier alpha value is -1.39. The highest BCUT2D eigenvalue weighted by Gasteiger charge is 2.20. The van der Waals surface area contributed by atoms with Gasteiger partial charge in [0.1, 0.15) is 5.78 Å². The highest BCUT2D eigenvalue weighted by atomic mass is 16.4. The molecule has 0 aromatic rings. The molecule has 1 atom stereocenters. The van der Waals surface area contributed by atoms with Gasteiger partial charge in [0.2, 0.25) is 5.91 Å². The highest BCUT2D eigenvalue weighted by molar-refractivity contribution is 5.99. The summed E-state index contributed by atoms with van der Waals surface area (Å²) in [7, 11) is 0. The molecule has 0 heterocycles. The third kappa shape index (κ3) is 3.70. The number of hydrogen-bond acceptors (Lipinski definition) is 3. The van der Waals surface area contributed by atoms with Crippen LogP contribution in [0, 0.1) is 5.92 Å². The summed E-state index contributed by atoms with van der Waals surface area (Å²) in [6.07, 6.45) is -0.229. The summed E-state index contributed by atoms with van der Waals surface area (Å²) >= 11 is 0. The first-order chi connectivity index (χ1) is 5.45. The molecular weight excluding hydrogens is 162 g/mol. The Bertz CT molecular complexity index is 197. The van der Waals surface area contributed by atoms with Crippen molar-refractivity contribution in [2.45, 2.75) is 19.8 Å². The van der Waals surface area contributed by atoms with Crippen LogP contribution in [-0.4, -0.2) is 22.8 Å². The molecule has 0 aromatic heterocycles. The Balaban J connectivity index is 4.06. The molecule has 1 unspecified atom stereocenters. The van der Waals surface area contributed by atoms with Crippen LogP contribution in [0.2, 0.25) is 0 Å². The molecule has 5 heteroatoms. The van der Waals surface area contributed by atoms with Crippen molar-refractivity contribution in [2.24, 2.45) is 11.7 Å². The van der Waals surface area contributed by atoms with Crippen molar-refractivity contribution < 1.29 is 19.5 Å². The topological polar surface area (TPSA) is 97.5 Å². The van der Waals surface area contributed by atoms with E-state index in [0.717, 1.165) is 0 Å². The molecule has 1 amide bonds. The number of carboxylic acid groups (broad SMARTS) is 1. The van der Waals surface area contributed by atoms with E-state index in [2.05, 4.69) is 0 Å². The second kappa shape index (κ2) is 4.48. The lowest BCUT2D eigenvalue weighted by Crippen LogP contribution is -2.29. The van der Waals surface area contributed by atoms with Gasteiger partial charge in [0.05, 0.1) is 5.92 Å². The van der Waals surface area contributed by atoms with Gasteiger partial charge in [-0.05, 0) is 13.3 Å². The molecule has 0 aliphatic heterocycles. The Labute approximate surface area is 69.5 Å². The number of amides is 1. The second-order valence-corrected chi connectivity index (χ2v) is 2.50. The van der Waals surface area contributed by atoms with Crippen LogP contribution >= 0.6 is 0 Å². The van der Waals surface area contributed by atoms with E-state index in [1.165, 1.54) is 6.92 Å². The van der Waals surface area contributed by atoms with Crippen molar-refractivity contribution in [3.05, 3.63) is 0 Å². The largest absolute Gasteiger partial charge is 0.481 e. The average Bonchev–Trinajstić information content (AvgIpc) is 1.84. The van der Waals surface area contributed by atoms with Crippen molar-refractivity contribution >= 4 is 17.7 Å². The van der Waals surface area contributed by atoms with Gasteiger partial charge in [0.25, 0.3) is 0 Å². The van der Waals surface area contributed by atoms with Gasteiger partial charge in [-0.15, -0.1) is 0 Å². The van der Waals surface area contributed by atoms with Gasteiger partial charge < -0.3 is 10.8 Å². The first kappa shape index (κ1) is 10.6. The van der Waals surface area contributed by atoms with Gasteiger partial charge in [-0.1, -0.05) is 0 Å². The SMILES string of the molecule is CC(=O)C(CCC(=O)O)C(N)=O. The first-order valence-corrected chi connectivity index (χ1v) is 3.46. The van der Waals surface area contributed by atoms with Crippen LogP contribution in [0.4, 0.5) is 0 Å². The summed E-state index contributed by atoms with van der Waals surface area (Å²) in [6, 6.07) is 0. The smallest absolute Gasteiger partial charge is 0.303 e. The number of nitrogens with two attached hydrogens (primary N) is 1. The minimum Gasteiger partial charge on any atom is -0.481 e. The van der Waals surface area contributed by atoms with E-state index < -0.39 is 17.8 Å². The fourth-order valence-corrected chi connectivity index (χ4v) is 0.814. The molecule has 0 radical (unpaired) electrons. The molecule has 0 aliphatic carbocycles. The molecule has 3 N–H and O–H groups in total. The van der Waals surface area contributed by atoms with E-state index in [1.807, 2.05) is 0 Å². The van der Waals surface area contributed by atoms with E-state index in [4.69, 9.17) is 10.8 Å². The monoisotopic (exact) mass is 173 g/mol. The summed E-state index contributed by atoms with van der Waals surface area (Å²) in [5, 5.41) is 8.26. The number of carboxylic acids is 1. The Morgan fingerprint density at radius 3 is 2.17 bits per heavy atom. The molecule has 0 spiro atoms. The zero-order valence-corrected chi connectivity index (χ0v) is 6.74. The van der Waals surface area contributed by atoms with E-state index in [-0.39, 0.29) is 18.6 Å². The highest BCUT2D eigenvalue weighted by Crippen LogP contribution is 2.06. The maximum atomic E-state index is 10.7. The van der Waals surface area contributed by atoms with E-state index >= 15 is 0 Å². The average molecular weight is 173 g/mol. The summed E-state index contributed by atoms with van der Waals surface area (Å²) in [5.41, 5.74) is 4.87. The number of aliphatic carboxylic acids is 1. The zero-order chi connectivity index (χ0) is 9.72. The zero-order valence-electron chi connectivity index (χ0n) is 6.74. The molecule has 0 rings (SSSR count). The third-order valence-corrected chi connectivity index (χ3v) is 1.48. The quantitative estimate of drug-likeness (QED) is 0.550. The summed E-state index contributed by atoms with van der Waals surface area (Å²) in [5.74, 6) is -3.14. The normalized spacial score (nSPS) is 12.1. The number of rotatable bonds is 5. The molecule has 0 saturated heterocycles. The first-order valence-electron chi connectivity index (χ1n) is 3.46. The van der Waals surface area contributed by atoms with Crippen LogP contribution in [0.15, 0.2) is 0 Å². The van der Waals surface area contributed by atoms with Crippen LogP contribution < -0.4 is 5.73 Å². The standard InChI is InChI=1S/C7H11NO4/c1-4(9)5(7(8)12)2-3-6(10)11/h5H,2-3H2,1H3,(H2,8,12)(H,10,11). The summed E-state index contributed by atoms with van der Waals surface area (Å²) in [6.45, 7) is 1.22. The molecule has 0 bridgehead atoms. The maximum Gasteiger partial charge on any atom is 0.303 e. The van der Waals surface area contributed by atoms with Gasteiger partial charge >= 0.3 is 5.97 Å². The number of hydrogen-bond donors (Lipinski definition) is 2. The van der Waals surface area contributed by atoms with E-state index in [9.17, 15) is 14.4 Å². The second-order valence-electron chi connectivity index (χ2n) is 2.50. The van der Waals surface area contributed by atoms with Gasteiger partial charge in [0, 0.05) is 6.42 Å². The van der Waals surface area contributed by atoms with Gasteiger partial charge in [0.15, 0.2) is 0 Å². The van der Waals surface area contributed by atoms with Crippen molar-refractivity contribution in [3.8, 4) is 0 Å². The summed E-state index contributed by atoms with van der Waals surface area (Å²) < 4.78 is 0. The third-order valence-electron chi connectivity index (χ3n) is 1.48. The molecular formula is C7H11NO4. The van der Waals surface area contributed by atoms with Crippen molar-refractivity contribution in [3.63, 3.8) is 0 Å². The van der Waals surface area contributed by atoms with Crippen LogP contribution in [0.1, 0.15) is 19.8 Å². The van der Waals surface area contributed by atoms with Gasteiger partial charge in [-0.3, -0.25) is 14.4 Å². The van der Waals surface area contributed by atoms with Crippen LogP contribution in [0.25, 0.3) is 0 Å². The van der Waals surface area contributed by atoms with Crippen molar-refractivity contribution in [1.29, 1.82) is 0 Å². The Kier molecular flexibility index (Phi) is 3.96. The van der Waals surface area contributed by atoms with Crippen molar-refractivity contribution in [2.75, 3.05) is 0 Å². The summed E-state index contributed by atoms with van der Waals surface area (Å²) in [4.78, 5) is 31.4. The fourth-order valence-electron chi connectivity index (χ4n) is 0.814. The predicted octanol–water partition coefficient (Wildman–Crippen LogP) is -0.458. The number of ketones is 1. The minimum absolute atomic E-state index is 0.0139. The molecule has 12 heavy (non-hydrogen) atoms. The Morgan fingerprint density at radius 2 is 1.92 bits per heavy atom. The minimum atomic E-state index is -1.04. The number of carbonyl (C=O) groups excluding carboxylic acids is 2. The lowest BCUT2D eigenvalue weighted by Gasteiger charge is -2.06. The van der Waals surface area contributed by atoms with Gasteiger partial charge in [-0.25, -0.2) is 0 Å². The van der Waals surface area contributed by atoms with Crippen molar-refractivity contribution in [1.82, 2.24) is 0 Å². The maximum absolute atomic E-state index is 10.7. The van der Waals surface area contributed by atoms with E-state index in [1.54, 1.807) is 0 Å². The lowest BCUT2D eigenvalue weighted by atomic mass is 9.99.